The summed E-state index contributed by atoms with van der Waals surface area (Å²) in [6.45, 7) is 13.7. The molecular weight excluding hydrogens is 538 g/mol. The number of oxazole rings is 1. The second-order valence-electron chi connectivity index (χ2n) is 12.9. The third-order valence-corrected chi connectivity index (χ3v) is 9.56. The first-order chi connectivity index (χ1) is 20.9. The first-order valence-corrected chi connectivity index (χ1v) is 15.7. The number of para-hydroxylation sites is 1. The third-order valence-electron chi connectivity index (χ3n) is 9.56. The van der Waals surface area contributed by atoms with E-state index >= 15 is 0 Å². The predicted molar refractivity (Wildman–Crippen MR) is 172 cm³/mol. The van der Waals surface area contributed by atoms with Gasteiger partial charge in [-0.05, 0) is 60.7 Å². The highest BCUT2D eigenvalue weighted by molar-refractivity contribution is 5.91. The number of anilines is 3. The number of nitrogens with one attached hydrogen (secondary N) is 1. The van der Waals surface area contributed by atoms with Crippen LogP contribution in [-0.4, -0.2) is 84.6 Å². The standard InChI is InChI=1S/C35H43N5O3/c1-24-23-27(11-14-31(24)39-17-15-38(16-18-39)28-12-13-28)36-34-37-30-6-4-5-29(32(30)43-34)25-7-9-26(10-8-25)35(2,3)33(41)40-19-21-42-22-20-40/h4-11,14,23,28,33,41H,12-13,15-22H2,1-3H3,(H,36,37). The van der Waals surface area contributed by atoms with E-state index < -0.39 is 11.6 Å². The number of hydrogen-bond donors (Lipinski definition) is 2. The molecule has 3 aliphatic rings. The lowest BCUT2D eigenvalue weighted by molar-refractivity contribution is -0.0894. The van der Waals surface area contributed by atoms with Gasteiger partial charge in [-0.25, -0.2) is 0 Å². The number of hydrogen-bond acceptors (Lipinski definition) is 8. The molecule has 3 aromatic carbocycles. The Labute approximate surface area is 254 Å². The normalized spacial score (nSPS) is 19.6. The zero-order valence-electron chi connectivity index (χ0n) is 25.6. The van der Waals surface area contributed by atoms with Crippen LogP contribution in [0, 0.1) is 6.92 Å². The summed E-state index contributed by atoms with van der Waals surface area (Å²) >= 11 is 0. The summed E-state index contributed by atoms with van der Waals surface area (Å²) in [4.78, 5) is 12.0. The smallest absolute Gasteiger partial charge is 0.300 e. The third kappa shape index (κ3) is 5.77. The Kier molecular flexibility index (Phi) is 7.63. The SMILES string of the molecule is Cc1cc(Nc2nc3cccc(-c4ccc(C(C)(C)C(O)N5CCOCC5)cc4)c3o2)ccc1N1CCN(C2CC2)CC1. The number of morpholine rings is 1. The molecule has 2 aliphatic heterocycles. The summed E-state index contributed by atoms with van der Waals surface area (Å²) in [7, 11) is 0. The van der Waals surface area contributed by atoms with Gasteiger partial charge in [0.1, 0.15) is 11.7 Å². The molecule has 226 valence electrons. The van der Waals surface area contributed by atoms with E-state index in [0.29, 0.717) is 19.2 Å². The fourth-order valence-corrected chi connectivity index (χ4v) is 6.72. The van der Waals surface area contributed by atoms with Crippen LogP contribution in [0.4, 0.5) is 17.4 Å². The number of aromatic nitrogens is 1. The first-order valence-electron chi connectivity index (χ1n) is 15.7. The van der Waals surface area contributed by atoms with E-state index in [-0.39, 0.29) is 0 Å². The lowest BCUT2D eigenvalue weighted by atomic mass is 9.81. The van der Waals surface area contributed by atoms with Crippen LogP contribution in [0.5, 0.6) is 0 Å². The summed E-state index contributed by atoms with van der Waals surface area (Å²) in [5.74, 6) is 0. The van der Waals surface area contributed by atoms with E-state index in [0.717, 1.165) is 78.8 Å². The van der Waals surface area contributed by atoms with E-state index in [1.165, 1.54) is 24.1 Å². The van der Waals surface area contributed by atoms with E-state index in [4.69, 9.17) is 14.1 Å². The Bertz CT molecular complexity index is 1560. The molecule has 0 bridgehead atoms. The molecule has 3 heterocycles. The number of ether oxygens (including phenoxy) is 1. The largest absolute Gasteiger partial charge is 0.423 e. The highest BCUT2D eigenvalue weighted by atomic mass is 16.5. The molecule has 8 heteroatoms. The zero-order chi connectivity index (χ0) is 29.6. The number of benzene rings is 3. The molecule has 1 saturated carbocycles. The summed E-state index contributed by atoms with van der Waals surface area (Å²) in [5, 5.41) is 14.6. The molecule has 8 nitrogen and oxygen atoms in total. The molecule has 1 aromatic heterocycles. The average Bonchev–Trinajstić information content (AvgIpc) is 3.80. The Morgan fingerprint density at radius 2 is 1.67 bits per heavy atom. The van der Waals surface area contributed by atoms with Crippen LogP contribution >= 0.6 is 0 Å². The number of aliphatic hydroxyl groups is 1. The van der Waals surface area contributed by atoms with Gasteiger partial charge in [-0.3, -0.25) is 9.80 Å². The quantitative estimate of drug-likeness (QED) is 0.272. The Morgan fingerprint density at radius 1 is 0.930 bits per heavy atom. The molecule has 4 aromatic rings. The van der Waals surface area contributed by atoms with Gasteiger partial charge in [0.15, 0.2) is 5.58 Å². The predicted octanol–water partition coefficient (Wildman–Crippen LogP) is 5.76. The van der Waals surface area contributed by atoms with Crippen LogP contribution in [0.1, 0.15) is 37.8 Å². The molecule has 1 aliphatic carbocycles. The Hall–Kier alpha value is -3.43. The van der Waals surface area contributed by atoms with Crippen molar-refractivity contribution in [3.63, 3.8) is 0 Å². The molecule has 0 spiro atoms. The second kappa shape index (κ2) is 11.6. The summed E-state index contributed by atoms with van der Waals surface area (Å²) in [6.07, 6.45) is 2.17. The van der Waals surface area contributed by atoms with Crippen LogP contribution in [-0.2, 0) is 10.2 Å². The maximum absolute atomic E-state index is 11.2. The van der Waals surface area contributed by atoms with Gasteiger partial charge in [-0.1, -0.05) is 50.2 Å². The molecule has 1 unspecified atom stereocenters. The number of aliphatic hydroxyl groups excluding tert-OH is 1. The molecule has 2 N–H and O–H groups in total. The lowest BCUT2D eigenvalue weighted by Gasteiger charge is -2.40. The van der Waals surface area contributed by atoms with Gasteiger partial charge in [0.05, 0.1) is 13.2 Å². The number of fused-ring (bicyclic) bond motifs is 1. The highest BCUT2D eigenvalue weighted by Crippen LogP contribution is 2.36. The maximum atomic E-state index is 11.2. The minimum Gasteiger partial charge on any atom is -0.423 e. The minimum atomic E-state index is -0.580. The van der Waals surface area contributed by atoms with Crippen LogP contribution < -0.4 is 10.2 Å². The van der Waals surface area contributed by atoms with E-state index in [1.54, 1.807) is 0 Å². The number of nitrogens with zero attached hydrogens (tertiary/aromatic N) is 4. The molecule has 1 atom stereocenters. The Balaban J connectivity index is 1.06. The topological polar surface area (TPSA) is 77.2 Å². The summed E-state index contributed by atoms with van der Waals surface area (Å²) in [6, 6.07) is 22.4. The lowest BCUT2D eigenvalue weighted by Crippen LogP contribution is -2.51. The van der Waals surface area contributed by atoms with Crippen LogP contribution in [0.2, 0.25) is 0 Å². The Morgan fingerprint density at radius 3 is 2.37 bits per heavy atom. The first kappa shape index (κ1) is 28.3. The van der Waals surface area contributed by atoms with Crippen molar-refractivity contribution in [1.29, 1.82) is 0 Å². The van der Waals surface area contributed by atoms with Gasteiger partial charge in [-0.2, -0.15) is 4.98 Å². The van der Waals surface area contributed by atoms with Gasteiger partial charge < -0.3 is 24.5 Å². The van der Waals surface area contributed by atoms with Crippen LogP contribution in [0.15, 0.2) is 65.1 Å². The maximum Gasteiger partial charge on any atom is 0.300 e. The number of rotatable bonds is 8. The van der Waals surface area contributed by atoms with Gasteiger partial charge in [0.25, 0.3) is 6.01 Å². The molecule has 3 fully saturated rings. The van der Waals surface area contributed by atoms with Crippen molar-refractivity contribution < 1.29 is 14.3 Å². The van der Waals surface area contributed by atoms with Crippen LogP contribution in [0.3, 0.4) is 0 Å². The van der Waals surface area contributed by atoms with Crippen molar-refractivity contribution in [2.24, 2.45) is 0 Å². The highest BCUT2D eigenvalue weighted by Gasteiger charge is 2.35. The van der Waals surface area contributed by atoms with Crippen molar-refractivity contribution in [2.45, 2.75) is 51.3 Å². The van der Waals surface area contributed by atoms with Crippen molar-refractivity contribution in [3.8, 4) is 11.1 Å². The van der Waals surface area contributed by atoms with Gasteiger partial charge in [0.2, 0.25) is 0 Å². The summed E-state index contributed by atoms with van der Waals surface area (Å²) < 4.78 is 11.8. The molecular formula is C35H43N5O3. The van der Waals surface area contributed by atoms with Gasteiger partial charge >= 0.3 is 0 Å². The van der Waals surface area contributed by atoms with Crippen molar-refractivity contribution in [3.05, 3.63) is 71.8 Å². The molecule has 0 amide bonds. The minimum absolute atomic E-state index is 0.427. The molecule has 2 saturated heterocycles. The van der Waals surface area contributed by atoms with E-state index in [1.807, 2.05) is 12.1 Å². The fraction of sp³-hybridized carbons (Fsp3) is 0.457. The van der Waals surface area contributed by atoms with Crippen molar-refractivity contribution >= 4 is 28.5 Å². The van der Waals surface area contributed by atoms with E-state index in [9.17, 15) is 5.11 Å². The second-order valence-corrected chi connectivity index (χ2v) is 12.9. The molecule has 43 heavy (non-hydrogen) atoms. The van der Waals surface area contributed by atoms with Crippen LogP contribution in [0.25, 0.3) is 22.2 Å². The summed E-state index contributed by atoms with van der Waals surface area (Å²) in [5.41, 5.74) is 7.81. The van der Waals surface area contributed by atoms with Crippen molar-refractivity contribution in [1.82, 2.24) is 14.8 Å². The number of piperazine rings is 1. The monoisotopic (exact) mass is 581 g/mol. The van der Waals surface area contributed by atoms with E-state index in [2.05, 4.69) is 89.3 Å². The molecule has 0 radical (unpaired) electrons. The van der Waals surface area contributed by atoms with Gasteiger partial charge in [0, 0.05) is 67.7 Å². The number of aryl methyl sites for hydroxylation is 1. The van der Waals surface area contributed by atoms with Crippen molar-refractivity contribution in [2.75, 3.05) is 62.7 Å². The fourth-order valence-electron chi connectivity index (χ4n) is 6.72. The average molecular weight is 582 g/mol. The van der Waals surface area contributed by atoms with Gasteiger partial charge in [-0.15, -0.1) is 0 Å². The zero-order valence-corrected chi connectivity index (χ0v) is 25.6. The molecule has 7 rings (SSSR count).